The number of carbonyl (C=O) groups excluding carboxylic acids is 1. The maximum Gasteiger partial charge on any atom is 0.255 e. The van der Waals surface area contributed by atoms with Crippen LogP contribution in [0.2, 0.25) is 0 Å². The first kappa shape index (κ1) is 13.7. The van der Waals surface area contributed by atoms with Gasteiger partial charge in [-0.15, -0.1) is 0 Å². The molecule has 0 spiro atoms. The molecule has 2 heterocycles. The van der Waals surface area contributed by atoms with Crippen LogP contribution in [0.4, 0.5) is 10.2 Å². The highest BCUT2D eigenvalue weighted by molar-refractivity contribution is 5.98. The smallest absolute Gasteiger partial charge is 0.255 e. The molecule has 104 valence electrons. The van der Waals surface area contributed by atoms with Gasteiger partial charge in [-0.3, -0.25) is 9.69 Å². The van der Waals surface area contributed by atoms with Crippen molar-refractivity contribution in [1.29, 1.82) is 0 Å². The first-order valence-corrected chi connectivity index (χ1v) is 6.55. The number of likely N-dealkylation sites (N-methyl/N-ethyl adjacent to an activating group) is 1. The number of amides is 1. The lowest BCUT2D eigenvalue weighted by atomic mass is 10.2. The van der Waals surface area contributed by atoms with Gasteiger partial charge in [-0.2, -0.15) is 0 Å². The molecule has 1 aromatic rings. The third-order valence-corrected chi connectivity index (χ3v) is 3.53. The van der Waals surface area contributed by atoms with Gasteiger partial charge in [-0.25, -0.2) is 9.37 Å². The van der Waals surface area contributed by atoms with Gasteiger partial charge in [0.15, 0.2) is 0 Å². The average molecular weight is 266 g/mol. The lowest BCUT2D eigenvalue weighted by molar-refractivity contribution is 0.0941. The fourth-order valence-electron chi connectivity index (χ4n) is 2.48. The van der Waals surface area contributed by atoms with Crippen LogP contribution in [0, 0.1) is 5.82 Å². The molecule has 0 aromatic carbocycles. The third-order valence-electron chi connectivity index (χ3n) is 3.53. The molecule has 0 radical (unpaired) electrons. The Kier molecular flexibility index (Phi) is 4.31. The zero-order valence-electron chi connectivity index (χ0n) is 11.0. The van der Waals surface area contributed by atoms with Gasteiger partial charge in [-0.1, -0.05) is 6.92 Å². The number of pyridine rings is 1. The summed E-state index contributed by atoms with van der Waals surface area (Å²) in [7, 11) is 0. The highest BCUT2D eigenvalue weighted by Gasteiger charge is 2.23. The van der Waals surface area contributed by atoms with Gasteiger partial charge in [0.05, 0.1) is 11.8 Å². The Morgan fingerprint density at radius 1 is 1.68 bits per heavy atom. The van der Waals surface area contributed by atoms with E-state index < -0.39 is 5.82 Å². The molecule has 1 saturated heterocycles. The van der Waals surface area contributed by atoms with E-state index in [1.807, 2.05) is 0 Å². The van der Waals surface area contributed by atoms with E-state index in [1.165, 1.54) is 0 Å². The van der Waals surface area contributed by atoms with Crippen LogP contribution < -0.4 is 11.1 Å². The maximum atomic E-state index is 13.1. The zero-order chi connectivity index (χ0) is 13.8. The van der Waals surface area contributed by atoms with E-state index in [2.05, 4.69) is 22.1 Å². The molecule has 0 aliphatic carbocycles. The summed E-state index contributed by atoms with van der Waals surface area (Å²) in [6.45, 7) is 4.71. The summed E-state index contributed by atoms with van der Waals surface area (Å²) in [5.74, 6) is -0.875. The number of likely N-dealkylation sites (tertiary alicyclic amines) is 1. The SMILES string of the molecule is CCN1CCCC1CNC(=O)c1cc(F)cnc1N. The highest BCUT2D eigenvalue weighted by atomic mass is 19.1. The van der Waals surface area contributed by atoms with Gasteiger partial charge in [0.2, 0.25) is 0 Å². The lowest BCUT2D eigenvalue weighted by Gasteiger charge is -2.22. The predicted molar refractivity (Wildman–Crippen MR) is 71.2 cm³/mol. The zero-order valence-corrected chi connectivity index (χ0v) is 11.0. The number of nitrogens with one attached hydrogen (secondary N) is 1. The van der Waals surface area contributed by atoms with Gasteiger partial charge in [-0.05, 0) is 32.0 Å². The fraction of sp³-hybridized carbons (Fsp3) is 0.538. The third kappa shape index (κ3) is 3.20. The molecule has 1 amide bonds. The normalized spacial score (nSPS) is 19.6. The van der Waals surface area contributed by atoms with Crippen molar-refractivity contribution >= 4 is 11.7 Å². The standard InChI is InChI=1S/C13H19FN4O/c1-2-18-5-3-4-10(18)8-17-13(19)11-6-9(14)7-16-12(11)15/h6-7,10H,2-5,8H2,1H3,(H2,15,16)(H,17,19). The van der Waals surface area contributed by atoms with Gasteiger partial charge < -0.3 is 11.1 Å². The van der Waals surface area contributed by atoms with Crippen LogP contribution in [-0.2, 0) is 0 Å². The second-order valence-corrected chi connectivity index (χ2v) is 4.72. The van der Waals surface area contributed by atoms with Crippen molar-refractivity contribution in [3.05, 3.63) is 23.6 Å². The molecule has 1 aromatic heterocycles. The minimum Gasteiger partial charge on any atom is -0.383 e. The second-order valence-electron chi connectivity index (χ2n) is 4.72. The number of hydrogen-bond donors (Lipinski definition) is 2. The molecular formula is C13H19FN4O. The molecule has 0 bridgehead atoms. The molecule has 1 fully saturated rings. The van der Waals surface area contributed by atoms with E-state index in [4.69, 9.17) is 5.73 Å². The van der Waals surface area contributed by atoms with Crippen molar-refractivity contribution in [1.82, 2.24) is 15.2 Å². The van der Waals surface area contributed by atoms with Crippen LogP contribution in [0.3, 0.4) is 0 Å². The Labute approximate surface area is 112 Å². The molecule has 1 aliphatic rings. The summed E-state index contributed by atoms with van der Waals surface area (Å²) in [4.78, 5) is 17.9. The van der Waals surface area contributed by atoms with E-state index in [9.17, 15) is 9.18 Å². The average Bonchev–Trinajstić information content (AvgIpc) is 2.86. The summed E-state index contributed by atoms with van der Waals surface area (Å²) < 4.78 is 13.1. The van der Waals surface area contributed by atoms with Crippen LogP contribution in [0.1, 0.15) is 30.1 Å². The van der Waals surface area contributed by atoms with Gasteiger partial charge in [0, 0.05) is 12.6 Å². The Morgan fingerprint density at radius 2 is 2.47 bits per heavy atom. The number of anilines is 1. The molecule has 6 heteroatoms. The molecule has 19 heavy (non-hydrogen) atoms. The largest absolute Gasteiger partial charge is 0.383 e. The molecular weight excluding hydrogens is 247 g/mol. The van der Waals surface area contributed by atoms with E-state index >= 15 is 0 Å². The van der Waals surface area contributed by atoms with Crippen LogP contribution in [0.15, 0.2) is 12.3 Å². The molecule has 1 atom stereocenters. The summed E-state index contributed by atoms with van der Waals surface area (Å²) >= 11 is 0. The number of rotatable bonds is 4. The predicted octanol–water partition coefficient (Wildman–Crippen LogP) is 1.02. The number of nitrogen functional groups attached to an aromatic ring is 1. The topological polar surface area (TPSA) is 71.2 Å². The van der Waals surface area contributed by atoms with Gasteiger partial charge >= 0.3 is 0 Å². The lowest BCUT2D eigenvalue weighted by Crippen LogP contribution is -2.40. The maximum absolute atomic E-state index is 13.1. The number of nitrogens with two attached hydrogens (primary N) is 1. The number of halogens is 1. The van der Waals surface area contributed by atoms with Crippen LogP contribution in [-0.4, -0.2) is 41.5 Å². The number of carbonyl (C=O) groups is 1. The molecule has 0 saturated carbocycles. The van der Waals surface area contributed by atoms with E-state index in [-0.39, 0.29) is 17.3 Å². The first-order chi connectivity index (χ1) is 9.11. The Bertz CT molecular complexity index is 466. The summed E-state index contributed by atoms with van der Waals surface area (Å²) in [5, 5.41) is 2.81. The van der Waals surface area contributed by atoms with Crippen molar-refractivity contribution in [2.45, 2.75) is 25.8 Å². The first-order valence-electron chi connectivity index (χ1n) is 6.55. The molecule has 3 N–H and O–H groups in total. The molecule has 2 rings (SSSR count). The Balaban J connectivity index is 1.96. The Morgan fingerprint density at radius 3 is 3.21 bits per heavy atom. The fourth-order valence-corrected chi connectivity index (χ4v) is 2.48. The van der Waals surface area contributed by atoms with Crippen LogP contribution in [0.5, 0.6) is 0 Å². The van der Waals surface area contributed by atoms with E-state index in [0.717, 1.165) is 38.2 Å². The van der Waals surface area contributed by atoms with Crippen LogP contribution in [0.25, 0.3) is 0 Å². The van der Waals surface area contributed by atoms with Crippen molar-refractivity contribution in [2.75, 3.05) is 25.4 Å². The Hall–Kier alpha value is -1.69. The number of nitrogens with zero attached hydrogens (tertiary/aromatic N) is 2. The molecule has 1 unspecified atom stereocenters. The summed E-state index contributed by atoms with van der Waals surface area (Å²) in [5.41, 5.74) is 5.68. The number of hydrogen-bond acceptors (Lipinski definition) is 4. The van der Waals surface area contributed by atoms with E-state index in [1.54, 1.807) is 0 Å². The van der Waals surface area contributed by atoms with Crippen molar-refractivity contribution in [3.63, 3.8) is 0 Å². The quantitative estimate of drug-likeness (QED) is 0.853. The van der Waals surface area contributed by atoms with Gasteiger partial charge in [0.25, 0.3) is 5.91 Å². The minimum absolute atomic E-state index is 0.0534. The van der Waals surface area contributed by atoms with Crippen molar-refractivity contribution in [2.24, 2.45) is 0 Å². The summed E-state index contributed by atoms with van der Waals surface area (Å²) in [6, 6.07) is 1.47. The van der Waals surface area contributed by atoms with Crippen LogP contribution >= 0.6 is 0 Å². The minimum atomic E-state index is -0.560. The monoisotopic (exact) mass is 266 g/mol. The highest BCUT2D eigenvalue weighted by Crippen LogP contribution is 2.16. The molecule has 1 aliphatic heterocycles. The second kappa shape index (κ2) is 5.97. The molecule has 5 nitrogen and oxygen atoms in total. The van der Waals surface area contributed by atoms with Crippen molar-refractivity contribution < 1.29 is 9.18 Å². The van der Waals surface area contributed by atoms with Crippen molar-refractivity contribution in [3.8, 4) is 0 Å². The summed E-state index contributed by atoms with van der Waals surface area (Å²) in [6.07, 6.45) is 3.23. The number of aromatic nitrogens is 1. The van der Waals surface area contributed by atoms with Gasteiger partial charge in [0.1, 0.15) is 11.6 Å². The van der Waals surface area contributed by atoms with E-state index in [0.29, 0.717) is 12.6 Å².